The minimum atomic E-state index is 0.404. The Labute approximate surface area is 122 Å². The van der Waals surface area contributed by atoms with Crippen molar-refractivity contribution in [2.45, 2.75) is 44.8 Å². The third-order valence-corrected chi connectivity index (χ3v) is 4.22. The molecular formula is C15H29N3O2. The molecule has 2 aliphatic rings. The maximum absolute atomic E-state index is 5.89. The summed E-state index contributed by atoms with van der Waals surface area (Å²) in [5.74, 6) is 1.87. The first-order chi connectivity index (χ1) is 9.74. The van der Waals surface area contributed by atoms with Crippen molar-refractivity contribution in [1.82, 2.24) is 10.2 Å². The Hall–Kier alpha value is -0.810. The number of nitrogens with zero attached hydrogens (tertiary/aromatic N) is 2. The fourth-order valence-electron chi connectivity index (χ4n) is 2.67. The van der Waals surface area contributed by atoms with Crippen molar-refractivity contribution in [3.05, 3.63) is 0 Å². The molecule has 0 bridgehead atoms. The van der Waals surface area contributed by atoms with Crippen LogP contribution in [-0.2, 0) is 9.47 Å². The molecule has 0 amide bonds. The first-order valence-electron chi connectivity index (χ1n) is 7.83. The first kappa shape index (κ1) is 15.6. The number of hydrogen-bond acceptors (Lipinski definition) is 3. The molecule has 5 nitrogen and oxygen atoms in total. The van der Waals surface area contributed by atoms with E-state index in [9.17, 15) is 0 Å². The van der Waals surface area contributed by atoms with Crippen LogP contribution in [0.1, 0.15) is 32.6 Å². The maximum atomic E-state index is 5.89. The van der Waals surface area contributed by atoms with Crippen molar-refractivity contribution in [2.24, 2.45) is 10.9 Å². The molecule has 2 rings (SSSR count). The van der Waals surface area contributed by atoms with E-state index >= 15 is 0 Å². The minimum Gasteiger partial charge on any atom is -0.385 e. The second-order valence-electron chi connectivity index (χ2n) is 5.91. The SMILES string of the molecule is CN=C(N[C@@H]1C[C@@H]1C)N1CCC(OCCCOC)CC1. The van der Waals surface area contributed by atoms with E-state index in [0.717, 1.165) is 57.4 Å². The van der Waals surface area contributed by atoms with E-state index in [0.29, 0.717) is 12.1 Å². The lowest BCUT2D eigenvalue weighted by molar-refractivity contribution is 0.00989. The van der Waals surface area contributed by atoms with Crippen LogP contribution >= 0.6 is 0 Å². The van der Waals surface area contributed by atoms with Gasteiger partial charge in [0.15, 0.2) is 5.96 Å². The molecule has 0 spiro atoms. The van der Waals surface area contributed by atoms with E-state index in [1.807, 2.05) is 7.05 Å². The predicted octanol–water partition coefficient (Wildman–Crippen LogP) is 1.49. The lowest BCUT2D eigenvalue weighted by Gasteiger charge is -2.34. The zero-order valence-electron chi connectivity index (χ0n) is 13.1. The van der Waals surface area contributed by atoms with E-state index in [-0.39, 0.29) is 0 Å². The number of ether oxygens (including phenoxy) is 2. The number of rotatable bonds is 6. The molecule has 1 aliphatic heterocycles. The largest absolute Gasteiger partial charge is 0.385 e. The van der Waals surface area contributed by atoms with Gasteiger partial charge in [-0.1, -0.05) is 6.92 Å². The number of likely N-dealkylation sites (tertiary alicyclic amines) is 1. The monoisotopic (exact) mass is 283 g/mol. The van der Waals surface area contributed by atoms with E-state index in [1.54, 1.807) is 7.11 Å². The van der Waals surface area contributed by atoms with Gasteiger partial charge in [-0.15, -0.1) is 0 Å². The van der Waals surface area contributed by atoms with Gasteiger partial charge in [-0.25, -0.2) is 0 Å². The van der Waals surface area contributed by atoms with Crippen molar-refractivity contribution in [3.8, 4) is 0 Å². The molecule has 0 unspecified atom stereocenters. The Morgan fingerprint density at radius 1 is 1.30 bits per heavy atom. The normalized spacial score (nSPS) is 27.8. The summed E-state index contributed by atoms with van der Waals surface area (Å²) >= 11 is 0. The maximum Gasteiger partial charge on any atom is 0.193 e. The summed E-state index contributed by atoms with van der Waals surface area (Å²) in [7, 11) is 3.61. The summed E-state index contributed by atoms with van der Waals surface area (Å²) in [5, 5.41) is 3.55. The van der Waals surface area contributed by atoms with Crippen LogP contribution in [0.15, 0.2) is 4.99 Å². The average molecular weight is 283 g/mol. The summed E-state index contributed by atoms with van der Waals surface area (Å²) in [6.45, 7) is 5.95. The Morgan fingerprint density at radius 3 is 2.55 bits per heavy atom. The first-order valence-corrected chi connectivity index (χ1v) is 7.83. The number of nitrogens with one attached hydrogen (secondary N) is 1. The van der Waals surface area contributed by atoms with Crippen molar-refractivity contribution >= 4 is 5.96 Å². The van der Waals surface area contributed by atoms with Gasteiger partial charge in [0.25, 0.3) is 0 Å². The third-order valence-electron chi connectivity index (χ3n) is 4.22. The highest BCUT2D eigenvalue weighted by molar-refractivity contribution is 5.80. The van der Waals surface area contributed by atoms with Crippen LogP contribution in [0.25, 0.3) is 0 Å². The second kappa shape index (κ2) is 7.84. The minimum absolute atomic E-state index is 0.404. The zero-order chi connectivity index (χ0) is 14.4. The Kier molecular flexibility index (Phi) is 6.10. The van der Waals surface area contributed by atoms with Crippen LogP contribution in [-0.4, -0.2) is 63.5 Å². The van der Waals surface area contributed by atoms with E-state index in [1.165, 1.54) is 6.42 Å². The molecule has 1 aliphatic carbocycles. The lowest BCUT2D eigenvalue weighted by atomic mass is 10.1. The quantitative estimate of drug-likeness (QED) is 0.456. The van der Waals surface area contributed by atoms with Crippen LogP contribution in [0.2, 0.25) is 0 Å². The summed E-state index contributed by atoms with van der Waals surface area (Å²) in [4.78, 5) is 6.77. The van der Waals surface area contributed by atoms with Gasteiger partial charge in [0.05, 0.1) is 6.10 Å². The van der Waals surface area contributed by atoms with Gasteiger partial charge in [-0.3, -0.25) is 4.99 Å². The average Bonchev–Trinajstić information content (AvgIpc) is 3.17. The van der Waals surface area contributed by atoms with Gasteiger partial charge in [0.2, 0.25) is 0 Å². The summed E-state index contributed by atoms with van der Waals surface area (Å²) in [5.41, 5.74) is 0. The fourth-order valence-corrected chi connectivity index (χ4v) is 2.67. The molecule has 0 radical (unpaired) electrons. The van der Waals surface area contributed by atoms with Crippen molar-refractivity contribution in [3.63, 3.8) is 0 Å². The van der Waals surface area contributed by atoms with E-state index in [4.69, 9.17) is 9.47 Å². The predicted molar refractivity (Wildman–Crippen MR) is 81.1 cm³/mol. The third kappa shape index (κ3) is 4.63. The van der Waals surface area contributed by atoms with Crippen LogP contribution in [0.5, 0.6) is 0 Å². The lowest BCUT2D eigenvalue weighted by Crippen LogP contribution is -2.47. The number of guanidine groups is 1. The molecule has 1 heterocycles. The van der Waals surface area contributed by atoms with Gasteiger partial charge >= 0.3 is 0 Å². The highest BCUT2D eigenvalue weighted by Crippen LogP contribution is 2.29. The molecule has 0 aromatic carbocycles. The van der Waals surface area contributed by atoms with Crippen LogP contribution in [0.3, 0.4) is 0 Å². The number of piperidine rings is 1. The summed E-state index contributed by atoms with van der Waals surface area (Å²) < 4.78 is 10.9. The van der Waals surface area contributed by atoms with Gasteiger partial charge < -0.3 is 19.7 Å². The van der Waals surface area contributed by atoms with Crippen LogP contribution in [0.4, 0.5) is 0 Å². The molecule has 20 heavy (non-hydrogen) atoms. The Bertz CT molecular complexity index is 314. The van der Waals surface area contributed by atoms with Crippen molar-refractivity contribution in [2.75, 3.05) is 40.5 Å². The van der Waals surface area contributed by atoms with Gasteiger partial charge in [0, 0.05) is 46.5 Å². The van der Waals surface area contributed by atoms with Crippen LogP contribution < -0.4 is 5.32 Å². The second-order valence-corrected chi connectivity index (χ2v) is 5.91. The Balaban J connectivity index is 1.65. The molecule has 0 aromatic rings. The molecule has 116 valence electrons. The standard InChI is InChI=1S/C15H29N3O2/c1-12-11-14(12)17-15(16-2)18-7-5-13(6-8-18)20-10-4-9-19-3/h12-14H,4-11H2,1-3H3,(H,16,17)/t12-,14+/m0/s1. The highest BCUT2D eigenvalue weighted by atomic mass is 16.5. The molecule has 1 saturated carbocycles. The van der Waals surface area contributed by atoms with E-state index < -0.39 is 0 Å². The topological polar surface area (TPSA) is 46.1 Å². The molecular weight excluding hydrogens is 254 g/mol. The highest BCUT2D eigenvalue weighted by Gasteiger charge is 2.34. The van der Waals surface area contributed by atoms with Crippen LogP contribution in [0, 0.1) is 5.92 Å². The van der Waals surface area contributed by atoms with Gasteiger partial charge in [-0.2, -0.15) is 0 Å². The van der Waals surface area contributed by atoms with E-state index in [2.05, 4.69) is 22.1 Å². The molecule has 1 saturated heterocycles. The van der Waals surface area contributed by atoms with Crippen molar-refractivity contribution < 1.29 is 9.47 Å². The summed E-state index contributed by atoms with van der Waals surface area (Å²) in [6.07, 6.45) is 4.85. The van der Waals surface area contributed by atoms with Gasteiger partial charge in [0.1, 0.15) is 0 Å². The van der Waals surface area contributed by atoms with Crippen molar-refractivity contribution in [1.29, 1.82) is 0 Å². The molecule has 2 atom stereocenters. The summed E-state index contributed by atoms with van der Waals surface area (Å²) in [6, 6.07) is 0.636. The number of methoxy groups -OCH3 is 1. The zero-order valence-corrected chi connectivity index (χ0v) is 13.1. The molecule has 5 heteroatoms. The number of aliphatic imine (C=N–C) groups is 1. The smallest absolute Gasteiger partial charge is 0.193 e. The molecule has 2 fully saturated rings. The Morgan fingerprint density at radius 2 is 2.00 bits per heavy atom. The van der Waals surface area contributed by atoms with Gasteiger partial charge in [-0.05, 0) is 31.6 Å². The fraction of sp³-hybridized carbons (Fsp3) is 0.933. The molecule has 0 aromatic heterocycles. The molecule has 1 N–H and O–H groups in total. The number of hydrogen-bond donors (Lipinski definition) is 1.